The van der Waals surface area contributed by atoms with Crippen molar-refractivity contribution in [3.63, 3.8) is 0 Å². The van der Waals surface area contributed by atoms with E-state index < -0.39 is 0 Å². The zero-order chi connectivity index (χ0) is 15.9. The molecule has 0 bridgehead atoms. The van der Waals surface area contributed by atoms with Gasteiger partial charge in [-0.15, -0.1) is 0 Å². The van der Waals surface area contributed by atoms with Crippen molar-refractivity contribution in [3.05, 3.63) is 47.8 Å². The lowest BCUT2D eigenvalue weighted by Gasteiger charge is -2.09. The first-order valence-electron chi connectivity index (χ1n) is 6.97. The monoisotopic (exact) mass is 295 g/mol. The molecule has 0 unspecified atom stereocenters. The highest BCUT2D eigenvalue weighted by Gasteiger charge is 2.10. The third-order valence-corrected chi connectivity index (χ3v) is 2.85. The van der Waals surface area contributed by atoms with Gasteiger partial charge < -0.3 is 10.6 Å². The summed E-state index contributed by atoms with van der Waals surface area (Å²) in [5.41, 5.74) is 1.37. The number of anilines is 2. The molecule has 0 fully saturated rings. The van der Waals surface area contributed by atoms with Crippen LogP contribution in [0.4, 0.5) is 11.6 Å². The Kier molecular flexibility index (Phi) is 5.04. The number of benzene rings is 1. The molecule has 1 heterocycles. The van der Waals surface area contributed by atoms with Gasteiger partial charge >= 0.3 is 0 Å². The summed E-state index contributed by atoms with van der Waals surface area (Å²) in [5.74, 6) is 0.401. The Balaban J connectivity index is 2.15. The van der Waals surface area contributed by atoms with Crippen molar-refractivity contribution < 1.29 is 4.79 Å². The molecule has 0 spiro atoms. The Morgan fingerprint density at radius 2 is 2.09 bits per heavy atom. The quantitative estimate of drug-likeness (QED) is 0.884. The molecule has 1 aromatic carbocycles. The van der Waals surface area contributed by atoms with Crippen LogP contribution in [-0.2, 0) is 0 Å². The maximum absolute atomic E-state index is 12.0. The molecule has 22 heavy (non-hydrogen) atoms. The number of nitrogens with zero attached hydrogens (tertiary/aromatic N) is 3. The van der Waals surface area contributed by atoms with Crippen LogP contribution >= 0.6 is 0 Å². The van der Waals surface area contributed by atoms with Crippen LogP contribution in [0.15, 0.2) is 36.5 Å². The minimum absolute atomic E-state index is 0.243. The van der Waals surface area contributed by atoms with E-state index in [1.165, 1.54) is 6.20 Å². The van der Waals surface area contributed by atoms with Crippen molar-refractivity contribution >= 4 is 17.5 Å². The van der Waals surface area contributed by atoms with Crippen LogP contribution in [0.5, 0.6) is 0 Å². The zero-order valence-corrected chi connectivity index (χ0v) is 12.5. The molecule has 0 saturated carbocycles. The van der Waals surface area contributed by atoms with Crippen LogP contribution in [-0.4, -0.2) is 22.4 Å². The molecule has 1 amide bonds. The van der Waals surface area contributed by atoms with E-state index >= 15 is 0 Å². The first-order valence-corrected chi connectivity index (χ1v) is 6.97. The number of aromatic nitrogens is 2. The van der Waals surface area contributed by atoms with Gasteiger partial charge in [-0.1, -0.05) is 26.0 Å². The molecule has 0 aliphatic carbocycles. The van der Waals surface area contributed by atoms with Gasteiger partial charge in [-0.05, 0) is 24.1 Å². The number of amides is 1. The van der Waals surface area contributed by atoms with Crippen molar-refractivity contribution in [1.29, 1.82) is 5.26 Å². The van der Waals surface area contributed by atoms with E-state index in [4.69, 9.17) is 5.26 Å². The summed E-state index contributed by atoms with van der Waals surface area (Å²) in [6.45, 7) is 4.63. The van der Waals surface area contributed by atoms with Gasteiger partial charge in [0.25, 0.3) is 5.91 Å². The molecule has 1 aromatic heterocycles. The first-order chi connectivity index (χ1) is 10.6. The van der Waals surface area contributed by atoms with E-state index in [0.29, 0.717) is 23.7 Å². The number of rotatable bonds is 5. The zero-order valence-electron chi connectivity index (χ0n) is 12.5. The Hall–Kier alpha value is -2.94. The molecule has 0 aliphatic rings. The Labute approximate surface area is 129 Å². The molecule has 6 heteroatoms. The summed E-state index contributed by atoms with van der Waals surface area (Å²) in [7, 11) is 0. The SMILES string of the molecule is CC(C)CNC(=O)c1ccnc(Nc2ccccc2C#N)n1. The average Bonchev–Trinajstić information content (AvgIpc) is 2.53. The van der Waals surface area contributed by atoms with E-state index in [1.54, 1.807) is 24.3 Å². The average molecular weight is 295 g/mol. The van der Waals surface area contributed by atoms with Crippen molar-refractivity contribution in [3.8, 4) is 6.07 Å². The van der Waals surface area contributed by atoms with E-state index in [9.17, 15) is 4.79 Å². The largest absolute Gasteiger partial charge is 0.350 e. The fraction of sp³-hybridized carbons (Fsp3) is 0.250. The smallest absolute Gasteiger partial charge is 0.270 e. The number of carbonyl (C=O) groups excluding carboxylic acids is 1. The molecule has 0 atom stereocenters. The lowest BCUT2D eigenvalue weighted by atomic mass is 10.2. The van der Waals surface area contributed by atoms with Gasteiger partial charge in [-0.25, -0.2) is 9.97 Å². The van der Waals surface area contributed by atoms with E-state index in [0.717, 1.165) is 0 Å². The molecule has 2 N–H and O–H groups in total. The van der Waals surface area contributed by atoms with Crippen molar-refractivity contribution in [1.82, 2.24) is 15.3 Å². The number of nitriles is 1. The van der Waals surface area contributed by atoms with E-state index in [-0.39, 0.29) is 17.5 Å². The van der Waals surface area contributed by atoms with E-state index in [2.05, 4.69) is 26.7 Å². The van der Waals surface area contributed by atoms with Crippen LogP contribution in [0.25, 0.3) is 0 Å². The fourth-order valence-corrected chi connectivity index (χ4v) is 1.74. The van der Waals surface area contributed by atoms with Gasteiger partial charge in [0.05, 0.1) is 11.3 Å². The maximum Gasteiger partial charge on any atom is 0.270 e. The van der Waals surface area contributed by atoms with Gasteiger partial charge in [0, 0.05) is 12.7 Å². The second-order valence-electron chi connectivity index (χ2n) is 5.15. The Bertz CT molecular complexity index is 706. The predicted octanol–water partition coefficient (Wildman–Crippen LogP) is 2.48. The summed E-state index contributed by atoms with van der Waals surface area (Å²) in [4.78, 5) is 20.2. The first kappa shape index (κ1) is 15.4. The van der Waals surface area contributed by atoms with Gasteiger partial charge in [-0.2, -0.15) is 5.26 Å². The number of carbonyl (C=O) groups is 1. The van der Waals surface area contributed by atoms with Gasteiger partial charge in [-0.3, -0.25) is 4.79 Å². The molecule has 0 aliphatic heterocycles. The number of hydrogen-bond donors (Lipinski definition) is 2. The van der Waals surface area contributed by atoms with Crippen molar-refractivity contribution in [2.45, 2.75) is 13.8 Å². The number of para-hydroxylation sites is 1. The van der Waals surface area contributed by atoms with Crippen LogP contribution in [0.3, 0.4) is 0 Å². The standard InChI is InChI=1S/C16H17N5O/c1-11(2)10-19-15(22)14-7-8-18-16(21-14)20-13-6-4-3-5-12(13)9-17/h3-8,11H,10H2,1-2H3,(H,19,22)(H,18,20,21). The van der Waals surface area contributed by atoms with Crippen LogP contribution in [0.2, 0.25) is 0 Å². The van der Waals surface area contributed by atoms with Gasteiger partial charge in [0.1, 0.15) is 11.8 Å². The lowest BCUT2D eigenvalue weighted by Crippen LogP contribution is -2.28. The van der Waals surface area contributed by atoms with E-state index in [1.807, 2.05) is 19.9 Å². The Morgan fingerprint density at radius 1 is 1.32 bits per heavy atom. The summed E-state index contributed by atoms with van der Waals surface area (Å²) in [5, 5.41) is 14.8. The summed E-state index contributed by atoms with van der Waals surface area (Å²) in [6, 6.07) is 10.7. The maximum atomic E-state index is 12.0. The van der Waals surface area contributed by atoms with Crippen LogP contribution in [0.1, 0.15) is 29.9 Å². The van der Waals surface area contributed by atoms with Crippen molar-refractivity contribution in [2.24, 2.45) is 5.92 Å². The summed E-state index contributed by atoms with van der Waals surface area (Å²) < 4.78 is 0. The van der Waals surface area contributed by atoms with Crippen molar-refractivity contribution in [2.75, 3.05) is 11.9 Å². The lowest BCUT2D eigenvalue weighted by molar-refractivity contribution is 0.0944. The molecular weight excluding hydrogens is 278 g/mol. The summed E-state index contributed by atoms with van der Waals surface area (Å²) in [6.07, 6.45) is 1.51. The van der Waals surface area contributed by atoms with Crippen LogP contribution in [0, 0.1) is 17.2 Å². The highest BCUT2D eigenvalue weighted by molar-refractivity contribution is 5.92. The summed E-state index contributed by atoms with van der Waals surface area (Å²) >= 11 is 0. The second kappa shape index (κ2) is 7.18. The topological polar surface area (TPSA) is 90.7 Å². The minimum atomic E-state index is -0.243. The third kappa shape index (κ3) is 4.03. The molecule has 2 rings (SSSR count). The third-order valence-electron chi connectivity index (χ3n) is 2.85. The highest BCUT2D eigenvalue weighted by atomic mass is 16.1. The van der Waals surface area contributed by atoms with Gasteiger partial charge in [0.15, 0.2) is 0 Å². The van der Waals surface area contributed by atoms with Gasteiger partial charge in [0.2, 0.25) is 5.95 Å². The predicted molar refractivity (Wildman–Crippen MR) is 83.6 cm³/mol. The second-order valence-corrected chi connectivity index (χ2v) is 5.15. The molecule has 0 saturated heterocycles. The molecular formula is C16H17N5O. The Morgan fingerprint density at radius 3 is 2.82 bits per heavy atom. The molecule has 6 nitrogen and oxygen atoms in total. The molecule has 0 radical (unpaired) electrons. The minimum Gasteiger partial charge on any atom is -0.350 e. The number of nitrogens with one attached hydrogen (secondary N) is 2. The number of hydrogen-bond acceptors (Lipinski definition) is 5. The normalized spacial score (nSPS) is 10.1. The van der Waals surface area contributed by atoms with Crippen LogP contribution < -0.4 is 10.6 Å². The molecule has 2 aromatic rings. The highest BCUT2D eigenvalue weighted by Crippen LogP contribution is 2.17. The molecule has 112 valence electrons. The fourth-order valence-electron chi connectivity index (χ4n) is 1.74.